The lowest BCUT2D eigenvalue weighted by molar-refractivity contribution is -0.150. The fraction of sp³-hybridized carbons (Fsp3) is 0.429. The number of amides is 3. The lowest BCUT2D eigenvalue weighted by atomic mass is 9.80. The van der Waals surface area contributed by atoms with E-state index in [1.165, 1.54) is 0 Å². The van der Waals surface area contributed by atoms with Crippen molar-refractivity contribution in [1.82, 2.24) is 10.2 Å². The summed E-state index contributed by atoms with van der Waals surface area (Å²) < 4.78 is 23.8. The van der Waals surface area contributed by atoms with Crippen LogP contribution in [0.4, 0.5) is 0 Å². The van der Waals surface area contributed by atoms with Crippen molar-refractivity contribution in [2.24, 2.45) is 5.73 Å². The Labute approximate surface area is 312 Å². The molecule has 0 aliphatic carbocycles. The molecule has 1 saturated heterocycles. The van der Waals surface area contributed by atoms with Crippen LogP contribution in [0.25, 0.3) is 0 Å². The van der Waals surface area contributed by atoms with Gasteiger partial charge in [-0.15, -0.1) is 12.3 Å². The quantitative estimate of drug-likeness (QED) is 0.0654. The van der Waals surface area contributed by atoms with Crippen molar-refractivity contribution >= 4 is 23.7 Å². The monoisotopic (exact) mass is 725 g/mol. The predicted octanol–water partition coefficient (Wildman–Crippen LogP) is 5.27. The van der Waals surface area contributed by atoms with Crippen LogP contribution in [-0.4, -0.2) is 74.7 Å². The number of methoxy groups -OCH3 is 2. The van der Waals surface area contributed by atoms with Crippen LogP contribution in [0.3, 0.4) is 0 Å². The van der Waals surface area contributed by atoms with Gasteiger partial charge in [0, 0.05) is 38.6 Å². The lowest BCUT2D eigenvalue weighted by Gasteiger charge is -2.38. The molecular weight excluding hydrogens is 674 g/mol. The maximum Gasteiger partial charge on any atom is 0.306 e. The van der Waals surface area contributed by atoms with Gasteiger partial charge in [-0.3, -0.25) is 19.2 Å². The maximum atomic E-state index is 13.8. The van der Waals surface area contributed by atoms with Gasteiger partial charge in [0.05, 0.1) is 39.8 Å². The molecule has 0 aromatic heterocycles. The third-order valence-electron chi connectivity index (χ3n) is 9.35. The Morgan fingerprint density at radius 2 is 1.43 bits per heavy atom. The zero-order valence-electron chi connectivity index (χ0n) is 30.7. The highest BCUT2D eigenvalue weighted by atomic mass is 16.5. The Morgan fingerprint density at radius 1 is 0.811 bits per heavy atom. The van der Waals surface area contributed by atoms with Crippen molar-refractivity contribution in [3.8, 4) is 23.8 Å². The van der Waals surface area contributed by atoms with E-state index in [-0.39, 0.29) is 44.2 Å². The number of hydrogen-bond acceptors (Lipinski definition) is 8. The van der Waals surface area contributed by atoms with Gasteiger partial charge < -0.3 is 34.9 Å². The molecule has 3 aromatic rings. The van der Waals surface area contributed by atoms with Crippen LogP contribution in [0.15, 0.2) is 78.9 Å². The lowest BCUT2D eigenvalue weighted by Crippen LogP contribution is -2.42. The molecular formula is C42H51N3O8. The zero-order chi connectivity index (χ0) is 38.1. The molecule has 1 heterocycles. The number of carbonyl (C=O) groups excluding carboxylic acids is 4. The molecule has 0 bridgehead atoms. The molecule has 1 aliphatic heterocycles. The molecule has 11 nitrogen and oxygen atoms in total. The summed E-state index contributed by atoms with van der Waals surface area (Å²) in [4.78, 5) is 51.5. The minimum absolute atomic E-state index is 0.0245. The average molecular weight is 726 g/mol. The van der Waals surface area contributed by atoms with E-state index in [4.69, 9.17) is 31.1 Å². The van der Waals surface area contributed by atoms with E-state index in [2.05, 4.69) is 11.2 Å². The predicted molar refractivity (Wildman–Crippen MR) is 201 cm³/mol. The van der Waals surface area contributed by atoms with Gasteiger partial charge in [-0.25, -0.2) is 0 Å². The van der Waals surface area contributed by atoms with Gasteiger partial charge in [-0.1, -0.05) is 61.0 Å². The molecule has 0 saturated carbocycles. The topological polar surface area (TPSA) is 146 Å². The van der Waals surface area contributed by atoms with Crippen LogP contribution in [0.5, 0.6) is 11.5 Å². The third kappa shape index (κ3) is 11.6. The van der Waals surface area contributed by atoms with Crippen LogP contribution < -0.4 is 20.5 Å². The summed E-state index contributed by atoms with van der Waals surface area (Å²) >= 11 is 0. The second-order valence-corrected chi connectivity index (χ2v) is 13.0. The Bertz CT molecular complexity index is 1620. The fourth-order valence-electron chi connectivity index (χ4n) is 6.58. The molecule has 3 N–H and O–H groups in total. The molecule has 4 rings (SSSR count). The van der Waals surface area contributed by atoms with Crippen LogP contribution in [0, 0.1) is 12.3 Å². The highest BCUT2D eigenvalue weighted by molar-refractivity contribution is 5.80. The smallest absolute Gasteiger partial charge is 0.306 e. The summed E-state index contributed by atoms with van der Waals surface area (Å²) in [5.74, 6) is 2.70. The largest absolute Gasteiger partial charge is 0.497 e. The van der Waals surface area contributed by atoms with E-state index in [9.17, 15) is 19.2 Å². The Kier molecular flexibility index (Phi) is 15.7. The van der Waals surface area contributed by atoms with E-state index >= 15 is 0 Å². The summed E-state index contributed by atoms with van der Waals surface area (Å²) in [5.41, 5.74) is 6.73. The standard InChI is InChI=1S/C42H51N3O8/c1-4-5-8-15-39(47)44-27-12-7-11-16-40(48)45-29-37(53-41(49)26-25-38(43)46)28-34(45)30-52-42(31-13-9-6-10-14-31,32-17-21-35(50-2)22-18-32)33-19-23-36(51-3)24-20-33/h1,6,9-10,13-14,17-24,34,37H,5,7-8,11-12,15-16,25-30H2,2-3H3,(H2,43,46)(H,44,47)/t34-,37+/m0/s1. The number of rotatable bonds is 21. The molecule has 0 unspecified atom stereocenters. The van der Waals surface area contributed by atoms with Gasteiger partial charge in [0.25, 0.3) is 0 Å². The second kappa shape index (κ2) is 20.6. The van der Waals surface area contributed by atoms with E-state index < -0.39 is 29.6 Å². The number of benzene rings is 3. The minimum atomic E-state index is -1.10. The summed E-state index contributed by atoms with van der Waals surface area (Å²) in [7, 11) is 3.23. The molecule has 53 heavy (non-hydrogen) atoms. The number of likely N-dealkylation sites (tertiary alicyclic amines) is 1. The minimum Gasteiger partial charge on any atom is -0.497 e. The SMILES string of the molecule is C#CCCCC(=O)NCCCCCC(=O)N1C[C@H](OC(=O)CCC(N)=O)C[C@H]1COC(c1ccccc1)(c1ccc(OC)cc1)c1ccc(OC)cc1. The Balaban J connectivity index is 1.56. The number of carbonyl (C=O) groups is 4. The highest BCUT2D eigenvalue weighted by Crippen LogP contribution is 2.42. The van der Waals surface area contributed by atoms with Crippen molar-refractivity contribution < 1.29 is 38.1 Å². The molecule has 3 aromatic carbocycles. The number of ether oxygens (including phenoxy) is 4. The molecule has 11 heteroatoms. The maximum absolute atomic E-state index is 13.8. The first-order valence-corrected chi connectivity index (χ1v) is 18.2. The van der Waals surface area contributed by atoms with E-state index in [0.29, 0.717) is 50.1 Å². The highest BCUT2D eigenvalue weighted by Gasteiger charge is 2.42. The van der Waals surface area contributed by atoms with Crippen molar-refractivity contribution in [2.75, 3.05) is 33.9 Å². The van der Waals surface area contributed by atoms with Gasteiger partial charge in [0.1, 0.15) is 23.2 Å². The average Bonchev–Trinajstić information content (AvgIpc) is 3.58. The van der Waals surface area contributed by atoms with Crippen LogP contribution in [0.1, 0.15) is 80.9 Å². The second-order valence-electron chi connectivity index (χ2n) is 13.0. The molecule has 2 atom stereocenters. The zero-order valence-corrected chi connectivity index (χ0v) is 30.7. The Hall–Kier alpha value is -5.34. The number of hydrogen-bond donors (Lipinski definition) is 2. The molecule has 0 radical (unpaired) electrons. The fourth-order valence-corrected chi connectivity index (χ4v) is 6.58. The molecule has 282 valence electrons. The number of nitrogens with one attached hydrogen (secondary N) is 1. The summed E-state index contributed by atoms with van der Waals surface area (Å²) in [6, 6.07) is 24.9. The van der Waals surface area contributed by atoms with Crippen molar-refractivity contribution in [3.63, 3.8) is 0 Å². The van der Waals surface area contributed by atoms with E-state index in [0.717, 1.165) is 29.5 Å². The number of nitrogens with two attached hydrogens (primary N) is 1. The van der Waals surface area contributed by atoms with Crippen molar-refractivity contribution in [3.05, 3.63) is 95.6 Å². The normalized spacial score (nSPS) is 15.3. The van der Waals surface area contributed by atoms with Crippen molar-refractivity contribution in [1.29, 1.82) is 0 Å². The van der Waals surface area contributed by atoms with Crippen LogP contribution >= 0.6 is 0 Å². The van der Waals surface area contributed by atoms with Gasteiger partial charge >= 0.3 is 5.97 Å². The van der Waals surface area contributed by atoms with Gasteiger partial charge in [-0.2, -0.15) is 0 Å². The first-order valence-electron chi connectivity index (χ1n) is 18.2. The van der Waals surface area contributed by atoms with Gasteiger partial charge in [-0.05, 0) is 60.2 Å². The summed E-state index contributed by atoms with van der Waals surface area (Å²) in [5, 5.41) is 2.91. The summed E-state index contributed by atoms with van der Waals surface area (Å²) in [6.07, 6.45) is 8.83. The number of primary amides is 1. The number of unbranched alkanes of at least 4 members (excludes halogenated alkanes) is 3. The number of esters is 1. The number of terminal acetylenes is 1. The van der Waals surface area contributed by atoms with Crippen LogP contribution in [0.2, 0.25) is 0 Å². The molecule has 3 amide bonds. The van der Waals surface area contributed by atoms with E-state index in [1.807, 2.05) is 78.9 Å². The first kappa shape index (κ1) is 40.4. The van der Waals surface area contributed by atoms with Crippen molar-refractivity contribution in [2.45, 2.75) is 82.0 Å². The van der Waals surface area contributed by atoms with E-state index in [1.54, 1.807) is 19.1 Å². The Morgan fingerprint density at radius 3 is 2.02 bits per heavy atom. The molecule has 0 spiro atoms. The summed E-state index contributed by atoms with van der Waals surface area (Å²) in [6.45, 7) is 0.858. The molecule has 1 fully saturated rings. The van der Waals surface area contributed by atoms with Gasteiger partial charge in [0.15, 0.2) is 0 Å². The van der Waals surface area contributed by atoms with Crippen LogP contribution in [-0.2, 0) is 34.3 Å². The molecule has 1 aliphatic rings. The first-order chi connectivity index (χ1) is 25.7. The third-order valence-corrected chi connectivity index (χ3v) is 9.35. The van der Waals surface area contributed by atoms with Gasteiger partial charge in [0.2, 0.25) is 17.7 Å². The number of nitrogens with zero attached hydrogens (tertiary/aromatic N) is 1.